The second kappa shape index (κ2) is 6.90. The molecule has 1 aliphatic carbocycles. The first-order valence-electron chi connectivity index (χ1n) is 9.02. The third-order valence-corrected chi connectivity index (χ3v) is 6.27. The van der Waals surface area contributed by atoms with E-state index in [4.69, 9.17) is 0 Å². The SMILES string of the molecule is CCCn1nnnc1CN(Cc1ccsc1)[C@H]1CC12CCNCC2. The molecule has 0 unspecified atom stereocenters. The van der Waals surface area contributed by atoms with Crippen molar-refractivity contribution < 1.29 is 0 Å². The summed E-state index contributed by atoms with van der Waals surface area (Å²) in [4.78, 5) is 2.62. The van der Waals surface area contributed by atoms with Crippen LogP contribution in [-0.4, -0.2) is 44.2 Å². The van der Waals surface area contributed by atoms with E-state index in [-0.39, 0.29) is 0 Å². The average Bonchev–Trinajstić information content (AvgIpc) is 2.98. The summed E-state index contributed by atoms with van der Waals surface area (Å²) in [5, 5.41) is 20.3. The molecule has 0 bridgehead atoms. The second-order valence-corrected chi connectivity index (χ2v) is 7.97. The smallest absolute Gasteiger partial charge is 0.165 e. The van der Waals surface area contributed by atoms with Crippen molar-refractivity contribution in [3.05, 3.63) is 28.2 Å². The van der Waals surface area contributed by atoms with Crippen molar-refractivity contribution in [1.82, 2.24) is 30.4 Å². The molecule has 3 heterocycles. The monoisotopic (exact) mass is 346 g/mol. The van der Waals surface area contributed by atoms with Crippen LogP contribution in [0.15, 0.2) is 16.8 Å². The Kier molecular flexibility index (Phi) is 4.65. The zero-order chi connectivity index (χ0) is 16.4. The Labute approximate surface area is 147 Å². The largest absolute Gasteiger partial charge is 0.317 e. The number of nitrogens with zero attached hydrogens (tertiary/aromatic N) is 5. The van der Waals surface area contributed by atoms with E-state index in [2.05, 4.69) is 49.5 Å². The number of hydrogen-bond acceptors (Lipinski definition) is 6. The van der Waals surface area contributed by atoms with Gasteiger partial charge in [-0.25, -0.2) is 4.68 Å². The molecular weight excluding hydrogens is 320 g/mol. The van der Waals surface area contributed by atoms with Gasteiger partial charge >= 0.3 is 0 Å². The van der Waals surface area contributed by atoms with Crippen LogP contribution >= 0.6 is 11.3 Å². The maximum absolute atomic E-state index is 4.30. The average molecular weight is 347 g/mol. The lowest BCUT2D eigenvalue weighted by Gasteiger charge is -2.29. The fourth-order valence-corrected chi connectivity index (χ4v) is 4.76. The fraction of sp³-hybridized carbons (Fsp3) is 0.706. The summed E-state index contributed by atoms with van der Waals surface area (Å²) in [6, 6.07) is 2.91. The van der Waals surface area contributed by atoms with E-state index < -0.39 is 0 Å². The molecule has 1 N–H and O–H groups in total. The van der Waals surface area contributed by atoms with Crippen LogP contribution in [-0.2, 0) is 19.6 Å². The summed E-state index contributed by atoms with van der Waals surface area (Å²) in [6.45, 7) is 7.24. The molecule has 0 amide bonds. The molecule has 24 heavy (non-hydrogen) atoms. The molecule has 130 valence electrons. The number of piperidine rings is 1. The van der Waals surface area contributed by atoms with Gasteiger partial charge in [0.15, 0.2) is 5.82 Å². The van der Waals surface area contributed by atoms with Crippen LogP contribution in [0, 0.1) is 5.41 Å². The maximum atomic E-state index is 4.30. The Balaban J connectivity index is 1.51. The first-order valence-corrected chi connectivity index (χ1v) is 9.96. The van der Waals surface area contributed by atoms with Crippen LogP contribution in [0.3, 0.4) is 0 Å². The molecule has 1 saturated heterocycles. The van der Waals surface area contributed by atoms with E-state index in [0.29, 0.717) is 11.5 Å². The van der Waals surface area contributed by atoms with Gasteiger partial charge in [0.2, 0.25) is 0 Å². The number of thiophene rings is 1. The van der Waals surface area contributed by atoms with Crippen molar-refractivity contribution in [3.8, 4) is 0 Å². The van der Waals surface area contributed by atoms with Crippen molar-refractivity contribution in [1.29, 1.82) is 0 Å². The van der Waals surface area contributed by atoms with E-state index in [9.17, 15) is 0 Å². The molecule has 6 nitrogen and oxygen atoms in total. The van der Waals surface area contributed by atoms with Gasteiger partial charge in [-0.1, -0.05) is 6.92 Å². The molecular formula is C17H26N6S. The van der Waals surface area contributed by atoms with Gasteiger partial charge in [0.25, 0.3) is 0 Å². The molecule has 1 atom stereocenters. The summed E-state index contributed by atoms with van der Waals surface area (Å²) in [5.74, 6) is 1.00. The lowest BCUT2D eigenvalue weighted by Crippen LogP contribution is -2.36. The molecule has 2 aliphatic rings. The zero-order valence-corrected chi connectivity index (χ0v) is 15.1. The zero-order valence-electron chi connectivity index (χ0n) is 14.3. The molecule has 4 rings (SSSR count). The number of rotatable bonds is 7. The van der Waals surface area contributed by atoms with Gasteiger partial charge in [-0.3, -0.25) is 4.90 Å². The predicted molar refractivity (Wildman–Crippen MR) is 94.6 cm³/mol. The molecule has 0 radical (unpaired) electrons. The van der Waals surface area contributed by atoms with Crippen molar-refractivity contribution in [2.45, 2.75) is 58.3 Å². The van der Waals surface area contributed by atoms with Crippen LogP contribution < -0.4 is 5.32 Å². The minimum absolute atomic E-state index is 0.532. The molecule has 2 aromatic rings. The molecule has 1 aliphatic heterocycles. The van der Waals surface area contributed by atoms with E-state index in [1.807, 2.05) is 4.68 Å². The summed E-state index contributed by atoms with van der Waals surface area (Å²) < 4.78 is 1.97. The van der Waals surface area contributed by atoms with E-state index in [0.717, 1.165) is 45.0 Å². The van der Waals surface area contributed by atoms with Crippen LogP contribution in [0.4, 0.5) is 0 Å². The Bertz CT molecular complexity index is 646. The van der Waals surface area contributed by atoms with Gasteiger partial charge in [0, 0.05) is 19.1 Å². The van der Waals surface area contributed by atoms with Gasteiger partial charge in [-0.2, -0.15) is 11.3 Å². The van der Waals surface area contributed by atoms with E-state index in [1.165, 1.54) is 24.8 Å². The summed E-state index contributed by atoms with van der Waals surface area (Å²) in [5.41, 5.74) is 1.94. The Morgan fingerprint density at radius 2 is 2.25 bits per heavy atom. The maximum Gasteiger partial charge on any atom is 0.165 e. The molecule has 1 saturated carbocycles. The number of nitrogens with one attached hydrogen (secondary N) is 1. The van der Waals surface area contributed by atoms with Crippen LogP contribution in [0.1, 0.15) is 44.0 Å². The normalized spacial score (nSPS) is 22.3. The van der Waals surface area contributed by atoms with Crippen molar-refractivity contribution in [2.24, 2.45) is 5.41 Å². The van der Waals surface area contributed by atoms with Crippen LogP contribution in [0.5, 0.6) is 0 Å². The van der Waals surface area contributed by atoms with Gasteiger partial charge < -0.3 is 5.32 Å². The van der Waals surface area contributed by atoms with Gasteiger partial charge in [-0.15, -0.1) is 5.10 Å². The standard InChI is InChI=1S/C17H26N6S/c1-2-8-23-16(19-20-21-23)12-22(11-14-3-9-24-13-14)15-10-17(15)4-6-18-7-5-17/h3,9,13,15,18H,2,4-8,10-12H2,1H3/t15-/m0/s1. The van der Waals surface area contributed by atoms with Crippen molar-refractivity contribution in [3.63, 3.8) is 0 Å². The van der Waals surface area contributed by atoms with Crippen LogP contribution in [0.25, 0.3) is 0 Å². The van der Waals surface area contributed by atoms with Crippen LogP contribution in [0.2, 0.25) is 0 Å². The quantitative estimate of drug-likeness (QED) is 0.833. The highest BCUT2D eigenvalue weighted by Crippen LogP contribution is 2.56. The minimum atomic E-state index is 0.532. The summed E-state index contributed by atoms with van der Waals surface area (Å²) >= 11 is 1.78. The van der Waals surface area contributed by atoms with Gasteiger partial charge in [-0.05, 0) is 77.0 Å². The molecule has 2 fully saturated rings. The highest BCUT2D eigenvalue weighted by molar-refractivity contribution is 7.07. The molecule has 7 heteroatoms. The van der Waals surface area contributed by atoms with E-state index >= 15 is 0 Å². The summed E-state index contributed by atoms with van der Waals surface area (Å²) in [6.07, 6.45) is 4.99. The van der Waals surface area contributed by atoms with Gasteiger partial charge in [0.05, 0.1) is 6.54 Å². The fourth-order valence-electron chi connectivity index (χ4n) is 4.10. The third-order valence-electron chi connectivity index (χ3n) is 5.54. The highest BCUT2D eigenvalue weighted by Gasteiger charge is 2.56. The number of hydrogen-bond donors (Lipinski definition) is 1. The minimum Gasteiger partial charge on any atom is -0.317 e. The molecule has 1 spiro atoms. The van der Waals surface area contributed by atoms with Gasteiger partial charge in [0.1, 0.15) is 0 Å². The van der Waals surface area contributed by atoms with Crippen molar-refractivity contribution in [2.75, 3.05) is 13.1 Å². The summed E-state index contributed by atoms with van der Waals surface area (Å²) in [7, 11) is 0. The second-order valence-electron chi connectivity index (χ2n) is 7.19. The van der Waals surface area contributed by atoms with E-state index in [1.54, 1.807) is 11.3 Å². The number of aryl methyl sites for hydroxylation is 1. The van der Waals surface area contributed by atoms with Crippen molar-refractivity contribution >= 4 is 11.3 Å². The molecule has 0 aromatic carbocycles. The number of tetrazole rings is 1. The first kappa shape index (κ1) is 16.2. The topological polar surface area (TPSA) is 58.9 Å². The lowest BCUT2D eigenvalue weighted by molar-refractivity contribution is 0.181. The highest BCUT2D eigenvalue weighted by atomic mass is 32.1. The lowest BCUT2D eigenvalue weighted by atomic mass is 9.93. The third kappa shape index (κ3) is 3.25. The molecule has 2 aromatic heterocycles. The number of aromatic nitrogens is 4. The predicted octanol–water partition coefficient (Wildman–Crippen LogP) is 2.29. The Morgan fingerprint density at radius 1 is 1.38 bits per heavy atom. The Morgan fingerprint density at radius 3 is 3.00 bits per heavy atom. The first-order chi connectivity index (χ1) is 11.8. The Hall–Kier alpha value is -1.31.